The third kappa shape index (κ3) is 4.12. The quantitative estimate of drug-likeness (QED) is 0.782. The second kappa shape index (κ2) is 7.15. The van der Waals surface area contributed by atoms with Gasteiger partial charge in [0.15, 0.2) is 0 Å². The van der Waals surface area contributed by atoms with Crippen LogP contribution in [-0.2, 0) is 0 Å². The van der Waals surface area contributed by atoms with Gasteiger partial charge in [0, 0.05) is 16.7 Å². The van der Waals surface area contributed by atoms with Crippen LogP contribution >= 0.6 is 11.8 Å². The molecule has 0 aromatic heterocycles. The van der Waals surface area contributed by atoms with Crippen LogP contribution in [0.1, 0.15) is 33.9 Å². The monoisotopic (exact) mass is 299 g/mol. The summed E-state index contributed by atoms with van der Waals surface area (Å²) in [6.45, 7) is 8.71. The Kier molecular flexibility index (Phi) is 5.49. The Balaban J connectivity index is 2.13. The van der Waals surface area contributed by atoms with Crippen molar-refractivity contribution in [3.8, 4) is 0 Å². The minimum absolute atomic E-state index is 0.385. The standard InChI is InChI=1S/C19H25NS/c1-13-6-8-17(9-7-13)21-12-19(20-5)18-11-15(3)14(2)10-16(18)4/h6-11,19-20H,12H2,1-5H3. The molecule has 0 saturated heterocycles. The fraction of sp³-hybridized carbons (Fsp3) is 0.368. The van der Waals surface area contributed by atoms with Crippen LogP contribution in [0.15, 0.2) is 41.3 Å². The van der Waals surface area contributed by atoms with Crippen LogP contribution in [0.4, 0.5) is 0 Å². The topological polar surface area (TPSA) is 12.0 Å². The summed E-state index contributed by atoms with van der Waals surface area (Å²) in [6, 6.07) is 13.8. The maximum atomic E-state index is 3.47. The molecule has 2 aromatic rings. The minimum Gasteiger partial charge on any atom is -0.312 e. The first-order valence-corrected chi connectivity index (χ1v) is 8.44. The third-order valence-corrected chi connectivity index (χ3v) is 5.15. The van der Waals surface area contributed by atoms with Gasteiger partial charge >= 0.3 is 0 Å². The van der Waals surface area contributed by atoms with Crippen LogP contribution in [-0.4, -0.2) is 12.8 Å². The Morgan fingerprint density at radius 1 is 0.905 bits per heavy atom. The van der Waals surface area contributed by atoms with Crippen molar-refractivity contribution in [2.75, 3.05) is 12.8 Å². The van der Waals surface area contributed by atoms with Gasteiger partial charge in [-0.1, -0.05) is 29.8 Å². The lowest BCUT2D eigenvalue weighted by molar-refractivity contribution is 0.657. The summed E-state index contributed by atoms with van der Waals surface area (Å²) < 4.78 is 0. The molecule has 2 aromatic carbocycles. The van der Waals surface area contributed by atoms with Crippen molar-refractivity contribution in [2.24, 2.45) is 0 Å². The van der Waals surface area contributed by atoms with Crippen LogP contribution in [0.5, 0.6) is 0 Å². The van der Waals surface area contributed by atoms with Crippen LogP contribution in [0, 0.1) is 27.7 Å². The van der Waals surface area contributed by atoms with Crippen molar-refractivity contribution in [3.63, 3.8) is 0 Å². The predicted molar refractivity (Wildman–Crippen MR) is 94.4 cm³/mol. The highest BCUT2D eigenvalue weighted by Gasteiger charge is 2.13. The molecule has 112 valence electrons. The van der Waals surface area contributed by atoms with E-state index in [1.807, 2.05) is 11.8 Å². The van der Waals surface area contributed by atoms with Crippen molar-refractivity contribution in [2.45, 2.75) is 38.6 Å². The first-order valence-electron chi connectivity index (χ1n) is 7.45. The van der Waals surface area contributed by atoms with Gasteiger partial charge in [0.2, 0.25) is 0 Å². The average Bonchev–Trinajstić information content (AvgIpc) is 2.46. The molecule has 1 nitrogen and oxygen atoms in total. The fourth-order valence-electron chi connectivity index (χ4n) is 2.50. The molecular weight excluding hydrogens is 274 g/mol. The van der Waals surface area contributed by atoms with Crippen LogP contribution in [0.3, 0.4) is 0 Å². The van der Waals surface area contributed by atoms with E-state index in [0.717, 1.165) is 5.75 Å². The molecule has 2 heteroatoms. The van der Waals surface area contributed by atoms with Crippen molar-refractivity contribution < 1.29 is 0 Å². The van der Waals surface area contributed by atoms with E-state index in [0.29, 0.717) is 6.04 Å². The third-order valence-electron chi connectivity index (χ3n) is 4.04. The summed E-state index contributed by atoms with van der Waals surface area (Å²) in [5, 5.41) is 3.47. The normalized spacial score (nSPS) is 12.4. The highest BCUT2D eigenvalue weighted by Crippen LogP contribution is 2.28. The molecule has 0 aliphatic rings. The number of nitrogens with one attached hydrogen (secondary N) is 1. The lowest BCUT2D eigenvalue weighted by Gasteiger charge is -2.20. The smallest absolute Gasteiger partial charge is 0.0415 e. The molecule has 0 bridgehead atoms. The summed E-state index contributed by atoms with van der Waals surface area (Å²) in [4.78, 5) is 1.34. The van der Waals surface area contributed by atoms with E-state index in [9.17, 15) is 0 Å². The SMILES string of the molecule is CNC(CSc1ccc(C)cc1)c1cc(C)c(C)cc1C. The van der Waals surface area contributed by atoms with Gasteiger partial charge in [-0.2, -0.15) is 0 Å². The Labute approximate surface area is 133 Å². The molecule has 0 spiro atoms. The average molecular weight is 299 g/mol. The van der Waals surface area contributed by atoms with Gasteiger partial charge in [0.1, 0.15) is 0 Å². The second-order valence-electron chi connectivity index (χ2n) is 5.76. The largest absolute Gasteiger partial charge is 0.312 e. The van der Waals surface area contributed by atoms with E-state index in [2.05, 4.69) is 76.5 Å². The molecule has 1 unspecified atom stereocenters. The maximum absolute atomic E-state index is 3.47. The Hall–Kier alpha value is -1.25. The van der Waals surface area contributed by atoms with E-state index in [-0.39, 0.29) is 0 Å². The van der Waals surface area contributed by atoms with Crippen molar-refractivity contribution in [1.29, 1.82) is 0 Å². The van der Waals surface area contributed by atoms with E-state index in [1.165, 1.54) is 32.7 Å². The molecule has 2 rings (SSSR count). The van der Waals surface area contributed by atoms with Gasteiger partial charge < -0.3 is 5.32 Å². The lowest BCUT2D eigenvalue weighted by Crippen LogP contribution is -2.20. The number of aryl methyl sites for hydroxylation is 4. The van der Waals surface area contributed by atoms with Crippen LogP contribution in [0.25, 0.3) is 0 Å². The molecule has 0 fully saturated rings. The van der Waals surface area contributed by atoms with Gasteiger partial charge in [-0.3, -0.25) is 0 Å². The number of hydrogen-bond donors (Lipinski definition) is 1. The van der Waals surface area contributed by atoms with E-state index in [4.69, 9.17) is 0 Å². The first kappa shape index (κ1) is 16.1. The summed E-state index contributed by atoms with van der Waals surface area (Å²) in [7, 11) is 2.05. The summed E-state index contributed by atoms with van der Waals surface area (Å²) in [5.41, 5.74) is 6.85. The molecular formula is C19H25NS. The van der Waals surface area contributed by atoms with Gasteiger partial charge in [-0.15, -0.1) is 11.8 Å². The van der Waals surface area contributed by atoms with Crippen LogP contribution < -0.4 is 5.32 Å². The van der Waals surface area contributed by atoms with Gasteiger partial charge in [-0.05, 0) is 69.1 Å². The van der Waals surface area contributed by atoms with E-state index >= 15 is 0 Å². The molecule has 1 atom stereocenters. The molecule has 0 radical (unpaired) electrons. The molecule has 0 heterocycles. The number of hydrogen-bond acceptors (Lipinski definition) is 2. The number of rotatable bonds is 5. The summed E-state index contributed by atoms with van der Waals surface area (Å²) in [5.74, 6) is 1.04. The van der Waals surface area contributed by atoms with E-state index < -0.39 is 0 Å². The summed E-state index contributed by atoms with van der Waals surface area (Å²) >= 11 is 1.91. The molecule has 1 N–H and O–H groups in total. The van der Waals surface area contributed by atoms with Gasteiger partial charge in [-0.25, -0.2) is 0 Å². The Morgan fingerprint density at radius 3 is 2.14 bits per heavy atom. The lowest BCUT2D eigenvalue weighted by atomic mass is 9.96. The maximum Gasteiger partial charge on any atom is 0.0415 e. The van der Waals surface area contributed by atoms with Gasteiger partial charge in [0.25, 0.3) is 0 Å². The highest BCUT2D eigenvalue weighted by molar-refractivity contribution is 7.99. The zero-order chi connectivity index (χ0) is 15.4. The highest BCUT2D eigenvalue weighted by atomic mass is 32.2. The zero-order valence-electron chi connectivity index (χ0n) is 13.7. The Morgan fingerprint density at radius 2 is 1.52 bits per heavy atom. The van der Waals surface area contributed by atoms with Gasteiger partial charge in [0.05, 0.1) is 0 Å². The van der Waals surface area contributed by atoms with E-state index in [1.54, 1.807) is 0 Å². The first-order chi connectivity index (χ1) is 10.0. The number of thioether (sulfide) groups is 1. The summed E-state index contributed by atoms with van der Waals surface area (Å²) in [6.07, 6.45) is 0. The molecule has 0 saturated carbocycles. The van der Waals surface area contributed by atoms with Crippen molar-refractivity contribution in [1.82, 2.24) is 5.32 Å². The second-order valence-corrected chi connectivity index (χ2v) is 6.85. The zero-order valence-corrected chi connectivity index (χ0v) is 14.5. The molecule has 0 aliphatic carbocycles. The minimum atomic E-state index is 0.385. The molecule has 0 aliphatic heterocycles. The van der Waals surface area contributed by atoms with Crippen molar-refractivity contribution >= 4 is 11.8 Å². The van der Waals surface area contributed by atoms with Crippen LogP contribution in [0.2, 0.25) is 0 Å². The predicted octanol–water partition coefficient (Wildman–Crippen LogP) is 4.97. The molecule has 21 heavy (non-hydrogen) atoms. The Bertz CT molecular complexity index is 602. The number of benzene rings is 2. The molecule has 0 amide bonds. The van der Waals surface area contributed by atoms with Crippen molar-refractivity contribution in [3.05, 3.63) is 64.2 Å². The fourth-order valence-corrected chi connectivity index (χ4v) is 3.53.